The third-order valence-electron chi connectivity index (χ3n) is 7.19. The molecule has 0 radical (unpaired) electrons. The van der Waals surface area contributed by atoms with Crippen LogP contribution < -0.4 is 5.56 Å². The van der Waals surface area contributed by atoms with Gasteiger partial charge in [-0.3, -0.25) is 4.79 Å². The molecule has 1 fully saturated rings. The molecule has 0 aliphatic carbocycles. The van der Waals surface area contributed by atoms with E-state index in [4.69, 9.17) is 4.74 Å². The highest BCUT2D eigenvalue weighted by Crippen LogP contribution is 2.45. The molecule has 186 valence electrons. The molecule has 2 heterocycles. The maximum absolute atomic E-state index is 13.4. The number of hydrogen-bond donors (Lipinski definition) is 0. The Morgan fingerprint density at radius 3 is 2.36 bits per heavy atom. The smallest absolute Gasteiger partial charge is 0.411 e. The van der Waals surface area contributed by atoms with E-state index in [1.165, 1.54) is 0 Å². The van der Waals surface area contributed by atoms with Crippen molar-refractivity contribution in [3.63, 3.8) is 0 Å². The average molecular weight is 484 g/mol. The summed E-state index contributed by atoms with van der Waals surface area (Å²) in [7, 11) is 1.73. The van der Waals surface area contributed by atoms with Gasteiger partial charge in [0.15, 0.2) is 0 Å². The Morgan fingerprint density at radius 2 is 1.75 bits per heavy atom. The van der Waals surface area contributed by atoms with E-state index in [1.54, 1.807) is 28.8 Å². The number of nitriles is 1. The summed E-state index contributed by atoms with van der Waals surface area (Å²) in [5, 5.41) is 9.31. The van der Waals surface area contributed by atoms with Crippen molar-refractivity contribution in [3.8, 4) is 17.2 Å². The second kappa shape index (κ2) is 10.0. The number of ether oxygens (including phenoxy) is 1. The van der Waals surface area contributed by atoms with Gasteiger partial charge in [-0.05, 0) is 47.1 Å². The second-order valence-corrected chi connectivity index (χ2v) is 10.5. The van der Waals surface area contributed by atoms with Gasteiger partial charge in [0.1, 0.15) is 5.60 Å². The lowest BCUT2D eigenvalue weighted by Gasteiger charge is -2.46. The van der Waals surface area contributed by atoms with Crippen molar-refractivity contribution in [3.05, 3.63) is 94.4 Å². The minimum absolute atomic E-state index is 0.0548. The average Bonchev–Trinajstić information content (AvgIpc) is 2.86. The van der Waals surface area contributed by atoms with Crippen LogP contribution in [0.25, 0.3) is 11.1 Å². The Bertz CT molecular complexity index is 1320. The first-order valence-corrected chi connectivity index (χ1v) is 12.3. The Balaban J connectivity index is 1.55. The van der Waals surface area contributed by atoms with Gasteiger partial charge in [-0.25, -0.2) is 4.79 Å². The monoisotopic (exact) mass is 483 g/mol. The van der Waals surface area contributed by atoms with Crippen LogP contribution in [0.1, 0.15) is 57.2 Å². The van der Waals surface area contributed by atoms with E-state index in [0.29, 0.717) is 25.8 Å². The van der Waals surface area contributed by atoms with Gasteiger partial charge in [0.2, 0.25) is 0 Å². The van der Waals surface area contributed by atoms with Crippen LogP contribution in [0, 0.1) is 16.7 Å². The predicted molar refractivity (Wildman–Crippen MR) is 140 cm³/mol. The standard InChI is InChI=1S/C30H33N3O3/c1-22(23-10-12-24(13-11-23)25-14-18-32(4)27(34)20-25)33-19-16-30(36-28(33)35,21-29(2,3)15-17-31)26-8-6-5-7-9-26/h5-14,18,20,22H,15-16,19,21H2,1-4H3. The maximum Gasteiger partial charge on any atom is 0.411 e. The third-order valence-corrected chi connectivity index (χ3v) is 7.19. The highest BCUT2D eigenvalue weighted by molar-refractivity contribution is 5.70. The molecule has 1 amide bonds. The van der Waals surface area contributed by atoms with Crippen molar-refractivity contribution in [1.82, 2.24) is 9.47 Å². The molecule has 2 atom stereocenters. The molecule has 0 spiro atoms. The van der Waals surface area contributed by atoms with Crippen LogP contribution in [0.3, 0.4) is 0 Å². The first-order valence-electron chi connectivity index (χ1n) is 12.3. The largest absolute Gasteiger partial charge is 0.438 e. The molecule has 0 N–H and O–H groups in total. The number of nitrogens with zero attached hydrogens (tertiary/aromatic N) is 3. The van der Waals surface area contributed by atoms with E-state index in [1.807, 2.05) is 81.4 Å². The van der Waals surface area contributed by atoms with Gasteiger partial charge in [0.05, 0.1) is 12.1 Å². The number of hydrogen-bond acceptors (Lipinski definition) is 4. The van der Waals surface area contributed by atoms with Crippen LogP contribution in [-0.4, -0.2) is 22.1 Å². The molecule has 0 bridgehead atoms. The molecule has 2 aromatic carbocycles. The fourth-order valence-corrected chi connectivity index (χ4v) is 5.10. The number of benzene rings is 2. The summed E-state index contributed by atoms with van der Waals surface area (Å²) < 4.78 is 7.80. The Kier molecular flexibility index (Phi) is 7.03. The highest BCUT2D eigenvalue weighted by Gasteiger charge is 2.46. The molecule has 36 heavy (non-hydrogen) atoms. The van der Waals surface area contributed by atoms with E-state index in [9.17, 15) is 14.9 Å². The van der Waals surface area contributed by atoms with Crippen molar-refractivity contribution in [2.75, 3.05) is 6.54 Å². The maximum atomic E-state index is 13.4. The normalized spacial score (nSPS) is 18.9. The summed E-state index contributed by atoms with van der Waals surface area (Å²) in [4.78, 5) is 27.2. The summed E-state index contributed by atoms with van der Waals surface area (Å²) in [6, 6.07) is 23.5. The van der Waals surface area contributed by atoms with Gasteiger partial charge in [-0.1, -0.05) is 68.4 Å². The third kappa shape index (κ3) is 5.21. The Labute approximate surface area is 212 Å². The van der Waals surface area contributed by atoms with Crippen molar-refractivity contribution in [2.24, 2.45) is 12.5 Å². The fraction of sp³-hybridized carbons (Fsp3) is 0.367. The van der Waals surface area contributed by atoms with Crippen LogP contribution >= 0.6 is 0 Å². The summed E-state index contributed by atoms with van der Waals surface area (Å²) in [5.41, 5.74) is 2.66. The molecule has 3 aromatic rings. The number of carbonyl (C=O) groups excluding carboxylic acids is 1. The van der Waals surface area contributed by atoms with Gasteiger partial charge < -0.3 is 14.2 Å². The minimum atomic E-state index is -0.766. The fourth-order valence-electron chi connectivity index (χ4n) is 5.10. The summed E-state index contributed by atoms with van der Waals surface area (Å²) in [5.74, 6) is 0. The quantitative estimate of drug-likeness (QED) is 0.402. The molecule has 4 rings (SSSR count). The van der Waals surface area contributed by atoms with Crippen LogP contribution in [0.15, 0.2) is 77.7 Å². The van der Waals surface area contributed by atoms with E-state index in [-0.39, 0.29) is 23.1 Å². The van der Waals surface area contributed by atoms with Crippen LogP contribution in [0.5, 0.6) is 0 Å². The Hall–Kier alpha value is -3.85. The number of pyridine rings is 1. The van der Waals surface area contributed by atoms with E-state index in [0.717, 1.165) is 22.3 Å². The zero-order valence-electron chi connectivity index (χ0n) is 21.4. The number of aryl methyl sites for hydroxylation is 1. The topological polar surface area (TPSA) is 75.3 Å². The van der Waals surface area contributed by atoms with Gasteiger partial charge in [-0.2, -0.15) is 5.26 Å². The Morgan fingerprint density at radius 1 is 1.06 bits per heavy atom. The first kappa shape index (κ1) is 25.2. The van der Waals surface area contributed by atoms with E-state index in [2.05, 4.69) is 6.07 Å². The van der Waals surface area contributed by atoms with Crippen molar-refractivity contribution in [1.29, 1.82) is 5.26 Å². The van der Waals surface area contributed by atoms with Crippen LogP contribution in [0.4, 0.5) is 4.79 Å². The van der Waals surface area contributed by atoms with Crippen molar-refractivity contribution < 1.29 is 9.53 Å². The molecule has 6 heteroatoms. The molecule has 1 aromatic heterocycles. The lowest BCUT2D eigenvalue weighted by atomic mass is 9.73. The zero-order valence-corrected chi connectivity index (χ0v) is 21.4. The van der Waals surface area contributed by atoms with E-state index >= 15 is 0 Å². The highest BCUT2D eigenvalue weighted by atomic mass is 16.6. The van der Waals surface area contributed by atoms with Gasteiger partial charge >= 0.3 is 6.09 Å². The van der Waals surface area contributed by atoms with Crippen molar-refractivity contribution >= 4 is 6.09 Å². The SMILES string of the molecule is CC(c1ccc(-c2ccn(C)c(=O)c2)cc1)N1CCC(CC(C)(C)CC#N)(c2ccccc2)OC1=O. The zero-order chi connectivity index (χ0) is 25.9. The number of carbonyl (C=O) groups is 1. The predicted octanol–water partition coefficient (Wildman–Crippen LogP) is 6.18. The second-order valence-electron chi connectivity index (χ2n) is 10.5. The van der Waals surface area contributed by atoms with Gasteiger partial charge in [0, 0.05) is 38.7 Å². The summed E-state index contributed by atoms with van der Waals surface area (Å²) in [6.45, 7) is 6.65. The summed E-state index contributed by atoms with van der Waals surface area (Å²) >= 11 is 0. The molecule has 2 unspecified atom stereocenters. The molecule has 1 saturated heterocycles. The number of aromatic nitrogens is 1. The first-order chi connectivity index (χ1) is 17.1. The molecular weight excluding hydrogens is 450 g/mol. The molecule has 1 aliphatic heterocycles. The number of cyclic esters (lactones) is 1. The van der Waals surface area contributed by atoms with Crippen LogP contribution in [0.2, 0.25) is 0 Å². The molecular formula is C30H33N3O3. The molecule has 6 nitrogen and oxygen atoms in total. The van der Waals surface area contributed by atoms with Gasteiger partial charge in [-0.15, -0.1) is 0 Å². The lowest BCUT2D eigenvalue weighted by Crippen LogP contribution is -2.50. The van der Waals surface area contributed by atoms with E-state index < -0.39 is 5.60 Å². The number of amides is 1. The van der Waals surface area contributed by atoms with Crippen LogP contribution in [-0.2, 0) is 17.4 Å². The molecule has 0 saturated carbocycles. The number of rotatable bonds is 7. The lowest BCUT2D eigenvalue weighted by molar-refractivity contribution is -0.0820. The van der Waals surface area contributed by atoms with Gasteiger partial charge in [0.25, 0.3) is 5.56 Å². The van der Waals surface area contributed by atoms with Crippen molar-refractivity contribution in [2.45, 2.75) is 51.7 Å². The minimum Gasteiger partial charge on any atom is -0.438 e. The summed E-state index contributed by atoms with van der Waals surface area (Å²) in [6.07, 6.45) is 3.03. The molecule has 1 aliphatic rings.